The number of hydrogen-bond donors (Lipinski definition) is 0. The first kappa shape index (κ1) is 41.4. The zero-order valence-electron chi connectivity index (χ0n) is 31.1. The quantitative estimate of drug-likeness (QED) is 0.0646. The summed E-state index contributed by atoms with van der Waals surface area (Å²) in [5.41, 5.74) is 0. The predicted molar refractivity (Wildman–Crippen MR) is 200 cm³/mol. The number of unbranched alkanes of at least 4 members (excludes halogenated alkanes) is 31. The molecular formula is C42H84N2. The summed E-state index contributed by atoms with van der Waals surface area (Å²) in [5, 5.41) is 0. The van der Waals surface area contributed by atoms with Crippen molar-refractivity contribution in [2.75, 3.05) is 13.1 Å². The van der Waals surface area contributed by atoms with Gasteiger partial charge in [-0.3, -0.25) is 0 Å². The molecule has 2 heteroatoms. The highest BCUT2D eigenvalue weighted by Gasteiger charge is 2.23. The molecule has 1 atom stereocenters. The number of nitrogens with zero attached hydrogens (tertiary/aromatic N) is 2. The third kappa shape index (κ3) is 25.5. The van der Waals surface area contributed by atoms with Crippen LogP contribution in [0, 0.1) is 0 Å². The van der Waals surface area contributed by atoms with Crippen LogP contribution in [0.15, 0.2) is 12.4 Å². The van der Waals surface area contributed by atoms with Crippen LogP contribution >= 0.6 is 0 Å². The first-order chi connectivity index (χ1) is 21.8. The molecule has 0 amide bonds. The van der Waals surface area contributed by atoms with E-state index in [9.17, 15) is 0 Å². The van der Waals surface area contributed by atoms with Crippen LogP contribution in [0.2, 0.25) is 0 Å². The topological polar surface area (TPSA) is 6.48 Å². The Morgan fingerprint density at radius 1 is 0.318 bits per heavy atom. The van der Waals surface area contributed by atoms with E-state index in [0.29, 0.717) is 6.17 Å². The predicted octanol–water partition coefficient (Wildman–Crippen LogP) is 14.7. The van der Waals surface area contributed by atoms with Gasteiger partial charge in [0.15, 0.2) is 0 Å². The van der Waals surface area contributed by atoms with E-state index in [1.807, 2.05) is 0 Å². The molecule has 44 heavy (non-hydrogen) atoms. The van der Waals surface area contributed by atoms with Crippen molar-refractivity contribution in [3.63, 3.8) is 0 Å². The second kappa shape index (κ2) is 33.7. The molecule has 1 aliphatic rings. The maximum absolute atomic E-state index is 2.67. The molecule has 0 aliphatic carbocycles. The van der Waals surface area contributed by atoms with Gasteiger partial charge in [-0.2, -0.15) is 0 Å². The highest BCUT2D eigenvalue weighted by Crippen LogP contribution is 2.23. The van der Waals surface area contributed by atoms with Gasteiger partial charge in [-0.05, 0) is 26.2 Å². The second-order valence-corrected chi connectivity index (χ2v) is 14.6. The maximum atomic E-state index is 2.67. The van der Waals surface area contributed by atoms with Crippen LogP contribution in [0.4, 0.5) is 0 Å². The molecule has 2 nitrogen and oxygen atoms in total. The third-order valence-electron chi connectivity index (χ3n) is 10.4. The summed E-state index contributed by atoms with van der Waals surface area (Å²) in [4.78, 5) is 5.25. The number of rotatable bonds is 36. The van der Waals surface area contributed by atoms with Crippen LogP contribution < -0.4 is 0 Å². The van der Waals surface area contributed by atoms with Crippen LogP contribution in [0.3, 0.4) is 0 Å². The van der Waals surface area contributed by atoms with E-state index in [0.717, 1.165) is 6.54 Å². The molecule has 1 rings (SSSR count). The Bertz CT molecular complexity index is 572. The monoisotopic (exact) mass is 617 g/mol. The van der Waals surface area contributed by atoms with E-state index in [2.05, 4.69) is 43.0 Å². The van der Waals surface area contributed by atoms with Crippen molar-refractivity contribution in [2.45, 2.75) is 245 Å². The summed E-state index contributed by atoms with van der Waals surface area (Å²) < 4.78 is 0. The van der Waals surface area contributed by atoms with Crippen LogP contribution in [-0.4, -0.2) is 29.1 Å². The molecule has 1 heterocycles. The minimum absolute atomic E-state index is 0.632. The summed E-state index contributed by atoms with van der Waals surface area (Å²) in [6.45, 7) is 9.35. The van der Waals surface area contributed by atoms with Gasteiger partial charge in [0.05, 0.1) is 0 Å². The van der Waals surface area contributed by atoms with E-state index >= 15 is 0 Å². The summed E-state index contributed by atoms with van der Waals surface area (Å²) in [6.07, 6.45) is 54.7. The third-order valence-corrected chi connectivity index (χ3v) is 10.4. The van der Waals surface area contributed by atoms with Gasteiger partial charge in [-0.15, -0.1) is 0 Å². The molecule has 1 aliphatic heterocycles. The van der Waals surface area contributed by atoms with Gasteiger partial charge in [-0.1, -0.05) is 213 Å². The average Bonchev–Trinajstić information content (AvgIpc) is 3.43. The van der Waals surface area contributed by atoms with Gasteiger partial charge in [0, 0.05) is 25.5 Å². The van der Waals surface area contributed by atoms with Crippen molar-refractivity contribution >= 4 is 0 Å². The molecule has 0 aromatic heterocycles. The highest BCUT2D eigenvalue weighted by atomic mass is 15.4. The minimum Gasteiger partial charge on any atom is -0.356 e. The molecule has 0 fully saturated rings. The molecular weight excluding hydrogens is 532 g/mol. The van der Waals surface area contributed by atoms with E-state index in [1.165, 1.54) is 225 Å². The zero-order chi connectivity index (χ0) is 31.6. The molecule has 0 radical (unpaired) electrons. The van der Waals surface area contributed by atoms with Gasteiger partial charge < -0.3 is 9.80 Å². The fourth-order valence-electron chi connectivity index (χ4n) is 7.33. The molecule has 1 unspecified atom stereocenters. The van der Waals surface area contributed by atoms with Gasteiger partial charge in [0.2, 0.25) is 0 Å². The smallest absolute Gasteiger partial charge is 0.101 e. The first-order valence-corrected chi connectivity index (χ1v) is 21.0. The molecule has 0 saturated heterocycles. The molecule has 0 N–H and O–H groups in total. The molecule has 0 spiro atoms. The van der Waals surface area contributed by atoms with E-state index in [-0.39, 0.29) is 0 Å². The fraction of sp³-hybridized carbons (Fsp3) is 0.952. The van der Waals surface area contributed by atoms with Crippen molar-refractivity contribution in [1.82, 2.24) is 9.80 Å². The van der Waals surface area contributed by atoms with Crippen molar-refractivity contribution in [1.29, 1.82) is 0 Å². The van der Waals surface area contributed by atoms with Gasteiger partial charge in [0.1, 0.15) is 6.17 Å². The molecule has 0 saturated carbocycles. The molecule has 0 aromatic rings. The van der Waals surface area contributed by atoms with Crippen molar-refractivity contribution in [3.8, 4) is 0 Å². The first-order valence-electron chi connectivity index (χ1n) is 21.0. The van der Waals surface area contributed by atoms with E-state index in [4.69, 9.17) is 0 Å². The van der Waals surface area contributed by atoms with Crippen LogP contribution in [0.5, 0.6) is 0 Å². The zero-order valence-corrected chi connectivity index (χ0v) is 31.1. The standard InChI is InChI=1S/C42H84N2/c1-4-7-9-11-13-15-17-19-21-23-24-26-28-30-32-34-36-38-42-43(6-3)40-41-44(42)39-37-35-33-31-29-27-25-22-20-18-16-14-12-10-8-5-2/h40-42H,4-39H2,1-3H3. The molecule has 0 bridgehead atoms. The Labute approximate surface area is 280 Å². The van der Waals surface area contributed by atoms with Crippen molar-refractivity contribution < 1.29 is 0 Å². The summed E-state index contributed by atoms with van der Waals surface area (Å²) in [7, 11) is 0. The Kier molecular flexibility index (Phi) is 31.7. The Balaban J connectivity index is 1.89. The lowest BCUT2D eigenvalue weighted by Crippen LogP contribution is -2.38. The summed E-state index contributed by atoms with van der Waals surface area (Å²) >= 11 is 0. The van der Waals surface area contributed by atoms with Crippen LogP contribution in [0.25, 0.3) is 0 Å². The van der Waals surface area contributed by atoms with Gasteiger partial charge >= 0.3 is 0 Å². The average molecular weight is 617 g/mol. The van der Waals surface area contributed by atoms with E-state index < -0.39 is 0 Å². The Hall–Kier alpha value is -0.660. The van der Waals surface area contributed by atoms with Crippen LogP contribution in [0.1, 0.15) is 239 Å². The lowest BCUT2D eigenvalue weighted by Gasteiger charge is -2.32. The normalized spacial score (nSPS) is 14.8. The maximum Gasteiger partial charge on any atom is 0.101 e. The summed E-state index contributed by atoms with van der Waals surface area (Å²) in [6, 6.07) is 0. The Morgan fingerprint density at radius 3 is 0.909 bits per heavy atom. The van der Waals surface area contributed by atoms with Crippen molar-refractivity contribution in [2.24, 2.45) is 0 Å². The summed E-state index contributed by atoms with van der Waals surface area (Å²) in [5.74, 6) is 0. The van der Waals surface area contributed by atoms with Gasteiger partial charge in [0.25, 0.3) is 0 Å². The SMILES string of the molecule is CCCCCCCCCCCCCCCCCCCC1N(CC)C=CN1CCCCCCCCCCCCCCCCCC. The number of hydrogen-bond acceptors (Lipinski definition) is 2. The fourth-order valence-corrected chi connectivity index (χ4v) is 7.33. The lowest BCUT2D eigenvalue weighted by molar-refractivity contribution is 0.142. The minimum atomic E-state index is 0.632. The van der Waals surface area contributed by atoms with Crippen LogP contribution in [-0.2, 0) is 0 Å². The Morgan fingerprint density at radius 2 is 0.591 bits per heavy atom. The second-order valence-electron chi connectivity index (χ2n) is 14.6. The lowest BCUT2D eigenvalue weighted by atomic mass is 10.0. The molecule has 0 aromatic carbocycles. The van der Waals surface area contributed by atoms with Gasteiger partial charge in [-0.25, -0.2) is 0 Å². The largest absolute Gasteiger partial charge is 0.356 e. The van der Waals surface area contributed by atoms with Crippen molar-refractivity contribution in [3.05, 3.63) is 12.4 Å². The highest BCUT2D eigenvalue weighted by molar-refractivity contribution is 4.96. The molecule has 262 valence electrons. The van der Waals surface area contributed by atoms with E-state index in [1.54, 1.807) is 0 Å².